The largest absolute Gasteiger partial charge is 0.542 e. The second-order valence-electron chi connectivity index (χ2n) is 2.22. The molecule has 0 heterocycles. The summed E-state index contributed by atoms with van der Waals surface area (Å²) in [5.41, 5.74) is 0. The molecule has 0 aliphatic rings. The van der Waals surface area contributed by atoms with Crippen molar-refractivity contribution < 1.29 is 24.9 Å². The van der Waals surface area contributed by atoms with Crippen LogP contribution >= 0.6 is 0 Å². The van der Waals surface area contributed by atoms with Crippen molar-refractivity contribution >= 4 is 11.8 Å². The summed E-state index contributed by atoms with van der Waals surface area (Å²) in [6.45, 7) is 1.26. The molecule has 0 saturated heterocycles. The third-order valence-corrected chi connectivity index (χ3v) is 1.18. The molecule has 5 heteroatoms. The molecule has 0 bridgehead atoms. The first-order valence-corrected chi connectivity index (χ1v) is 3.05. The topological polar surface area (TPSA) is 97.7 Å². The van der Waals surface area contributed by atoms with Crippen LogP contribution in [0.15, 0.2) is 0 Å². The molecular formula is C6H9O5-. The molecule has 2 N–H and O–H groups in total. The van der Waals surface area contributed by atoms with E-state index in [2.05, 4.69) is 0 Å². The lowest BCUT2D eigenvalue weighted by Crippen LogP contribution is -2.36. The second kappa shape index (κ2) is 4.05. The van der Waals surface area contributed by atoms with Gasteiger partial charge < -0.3 is 20.1 Å². The highest BCUT2D eigenvalue weighted by atomic mass is 16.4. The summed E-state index contributed by atoms with van der Waals surface area (Å²) in [5, 5.41) is 27.2. The number of Topliss-reactive ketones (excluding diaryl/α,β-unsaturated/α-hetero) is 1. The molecule has 0 rings (SSSR count). The minimum Gasteiger partial charge on any atom is -0.542 e. The van der Waals surface area contributed by atoms with Crippen LogP contribution in [-0.2, 0) is 9.59 Å². The Hall–Kier alpha value is -0.940. The van der Waals surface area contributed by atoms with Crippen LogP contribution in [0, 0.1) is 0 Å². The summed E-state index contributed by atoms with van der Waals surface area (Å²) in [5.74, 6) is -3.05. The Balaban J connectivity index is 3.85. The number of aliphatic carboxylic acids is 1. The minimum atomic E-state index is -1.84. The third kappa shape index (κ3) is 3.69. The normalized spacial score (nSPS) is 15.5. The van der Waals surface area contributed by atoms with Crippen molar-refractivity contribution in [2.75, 3.05) is 0 Å². The number of aliphatic hydroxyl groups is 2. The van der Waals surface area contributed by atoms with E-state index < -0.39 is 30.4 Å². The number of carboxylic acids is 1. The predicted octanol–water partition coefficient (Wildman–Crippen LogP) is -2.56. The van der Waals surface area contributed by atoms with Crippen molar-refractivity contribution in [2.45, 2.75) is 25.6 Å². The highest BCUT2D eigenvalue weighted by Gasteiger charge is 2.15. The van der Waals surface area contributed by atoms with E-state index in [1.165, 1.54) is 6.92 Å². The highest BCUT2D eigenvalue weighted by Crippen LogP contribution is 1.98. The lowest BCUT2D eigenvalue weighted by Gasteiger charge is -2.12. The molecule has 2 atom stereocenters. The van der Waals surface area contributed by atoms with Gasteiger partial charge in [-0.15, -0.1) is 0 Å². The highest BCUT2D eigenvalue weighted by molar-refractivity contribution is 6.31. The van der Waals surface area contributed by atoms with Gasteiger partial charge in [0.2, 0.25) is 0 Å². The van der Waals surface area contributed by atoms with Crippen molar-refractivity contribution in [3.8, 4) is 0 Å². The fraction of sp³-hybridized carbons (Fsp3) is 0.667. The molecule has 5 nitrogen and oxygen atoms in total. The van der Waals surface area contributed by atoms with Gasteiger partial charge in [-0.1, -0.05) is 0 Å². The Morgan fingerprint density at radius 2 is 1.91 bits per heavy atom. The number of carbonyl (C=O) groups excluding carboxylic acids is 2. The van der Waals surface area contributed by atoms with Crippen molar-refractivity contribution in [3.63, 3.8) is 0 Å². The summed E-state index contributed by atoms with van der Waals surface area (Å²) in [7, 11) is 0. The van der Waals surface area contributed by atoms with Crippen LogP contribution in [-0.4, -0.2) is 34.2 Å². The Labute approximate surface area is 63.3 Å². The van der Waals surface area contributed by atoms with E-state index in [1.807, 2.05) is 0 Å². The van der Waals surface area contributed by atoms with E-state index in [-0.39, 0.29) is 0 Å². The maximum atomic E-state index is 10.3. The van der Waals surface area contributed by atoms with Crippen LogP contribution in [0.3, 0.4) is 0 Å². The summed E-state index contributed by atoms with van der Waals surface area (Å²) < 4.78 is 0. The molecule has 0 radical (unpaired) electrons. The van der Waals surface area contributed by atoms with Gasteiger partial charge in [0.05, 0.1) is 12.2 Å². The van der Waals surface area contributed by atoms with Gasteiger partial charge in [-0.3, -0.25) is 4.79 Å². The maximum absolute atomic E-state index is 10.3. The van der Waals surface area contributed by atoms with Crippen molar-refractivity contribution in [1.29, 1.82) is 0 Å². The van der Waals surface area contributed by atoms with E-state index in [0.717, 1.165) is 0 Å². The van der Waals surface area contributed by atoms with Crippen LogP contribution < -0.4 is 5.11 Å². The van der Waals surface area contributed by atoms with E-state index in [0.29, 0.717) is 0 Å². The quantitative estimate of drug-likeness (QED) is 0.442. The van der Waals surface area contributed by atoms with Gasteiger partial charge in [-0.05, 0) is 6.92 Å². The van der Waals surface area contributed by atoms with E-state index in [1.54, 1.807) is 0 Å². The third-order valence-electron chi connectivity index (χ3n) is 1.18. The summed E-state index contributed by atoms with van der Waals surface area (Å²) in [6.07, 6.45) is -3.06. The molecule has 0 spiro atoms. The zero-order chi connectivity index (χ0) is 9.02. The maximum Gasteiger partial charge on any atom is 0.180 e. The Kier molecular flexibility index (Phi) is 3.70. The van der Waals surface area contributed by atoms with Crippen molar-refractivity contribution in [1.82, 2.24) is 0 Å². The van der Waals surface area contributed by atoms with Crippen LogP contribution in [0.25, 0.3) is 0 Å². The molecule has 64 valence electrons. The van der Waals surface area contributed by atoms with Crippen LogP contribution in [0.5, 0.6) is 0 Å². The van der Waals surface area contributed by atoms with Gasteiger partial charge in [0, 0.05) is 6.42 Å². The van der Waals surface area contributed by atoms with Crippen LogP contribution in [0.4, 0.5) is 0 Å². The molecule has 0 aliphatic carbocycles. The summed E-state index contributed by atoms with van der Waals surface area (Å²) in [6, 6.07) is 0. The molecule has 0 aliphatic heterocycles. The van der Waals surface area contributed by atoms with Gasteiger partial charge in [-0.2, -0.15) is 0 Å². The number of ketones is 1. The van der Waals surface area contributed by atoms with Crippen molar-refractivity contribution in [3.05, 3.63) is 0 Å². The van der Waals surface area contributed by atoms with Crippen LogP contribution in [0.2, 0.25) is 0 Å². The molecule has 0 fully saturated rings. The molecule has 0 saturated carbocycles. The van der Waals surface area contributed by atoms with Gasteiger partial charge in [0.15, 0.2) is 5.78 Å². The number of hydrogen-bond acceptors (Lipinski definition) is 5. The molecule has 11 heavy (non-hydrogen) atoms. The molecule has 0 aromatic heterocycles. The van der Waals surface area contributed by atoms with Gasteiger partial charge in [0.1, 0.15) is 5.97 Å². The zero-order valence-corrected chi connectivity index (χ0v) is 5.98. The molecule has 0 unspecified atom stereocenters. The molecular weight excluding hydrogens is 152 g/mol. The summed E-state index contributed by atoms with van der Waals surface area (Å²) in [4.78, 5) is 20.1. The molecule has 0 aromatic carbocycles. The van der Waals surface area contributed by atoms with E-state index in [9.17, 15) is 14.7 Å². The fourth-order valence-electron chi connectivity index (χ4n) is 0.444. The molecule has 0 aromatic rings. The number of hydrogen-bond donors (Lipinski definition) is 2. The first-order chi connectivity index (χ1) is 4.95. The average molecular weight is 161 g/mol. The van der Waals surface area contributed by atoms with E-state index >= 15 is 0 Å². The van der Waals surface area contributed by atoms with Gasteiger partial charge in [-0.25, -0.2) is 0 Å². The summed E-state index contributed by atoms with van der Waals surface area (Å²) >= 11 is 0. The smallest absolute Gasteiger partial charge is 0.180 e. The first-order valence-electron chi connectivity index (χ1n) is 3.05. The lowest BCUT2D eigenvalue weighted by atomic mass is 10.1. The van der Waals surface area contributed by atoms with Gasteiger partial charge in [0.25, 0.3) is 0 Å². The first kappa shape index (κ1) is 10.1. The SMILES string of the molecule is C[C@H](O)[C@@H](O)CC(=O)C(=O)[O-]. The van der Waals surface area contributed by atoms with Crippen LogP contribution in [0.1, 0.15) is 13.3 Å². The Bertz CT molecular complexity index is 162. The van der Waals surface area contributed by atoms with Crippen molar-refractivity contribution in [2.24, 2.45) is 0 Å². The number of carbonyl (C=O) groups is 2. The number of rotatable bonds is 4. The minimum absolute atomic E-state index is 0.611. The Morgan fingerprint density at radius 3 is 2.18 bits per heavy atom. The standard InChI is InChI=1S/C6H10O5/c1-3(7)4(8)2-5(9)6(10)11/h3-4,7-8H,2H2,1H3,(H,10,11)/p-1/t3-,4-/m0/s1. The lowest BCUT2D eigenvalue weighted by molar-refractivity contribution is -0.300. The average Bonchev–Trinajstić information content (AvgIpc) is 1.87. The van der Waals surface area contributed by atoms with E-state index in [4.69, 9.17) is 10.2 Å². The predicted molar refractivity (Wildman–Crippen MR) is 32.3 cm³/mol. The second-order valence-corrected chi connectivity index (χ2v) is 2.22. The monoisotopic (exact) mass is 161 g/mol. The van der Waals surface area contributed by atoms with Gasteiger partial charge >= 0.3 is 0 Å². The Morgan fingerprint density at radius 1 is 1.45 bits per heavy atom. The zero-order valence-electron chi connectivity index (χ0n) is 5.98. The number of aliphatic hydroxyl groups excluding tert-OH is 2. The molecule has 0 amide bonds. The fourth-order valence-corrected chi connectivity index (χ4v) is 0.444. The number of carboxylic acid groups (broad SMARTS) is 1.